The fourth-order valence-electron chi connectivity index (χ4n) is 2.53. The summed E-state index contributed by atoms with van der Waals surface area (Å²) < 4.78 is 2.05. The molecular weight excluding hydrogens is 302 g/mol. The van der Waals surface area contributed by atoms with Gasteiger partial charge >= 0.3 is 0 Å². The Morgan fingerprint density at radius 1 is 1.45 bits per heavy atom. The van der Waals surface area contributed by atoms with E-state index in [9.17, 15) is 9.90 Å². The molecule has 1 aliphatic carbocycles. The lowest BCUT2D eigenvalue weighted by Crippen LogP contribution is -2.33. The molecule has 0 radical (unpaired) electrons. The maximum absolute atomic E-state index is 12.0. The number of benzene rings is 1. The molecule has 22 heavy (non-hydrogen) atoms. The van der Waals surface area contributed by atoms with Gasteiger partial charge in [-0.15, -0.1) is 0 Å². The zero-order chi connectivity index (χ0) is 15.6. The predicted molar refractivity (Wildman–Crippen MR) is 83.7 cm³/mol. The zero-order valence-electron chi connectivity index (χ0n) is 12.1. The number of carbonyl (C=O) groups is 1. The van der Waals surface area contributed by atoms with Crippen molar-refractivity contribution in [2.75, 3.05) is 6.54 Å². The van der Waals surface area contributed by atoms with Crippen LogP contribution in [0.4, 0.5) is 0 Å². The number of rotatable bonds is 6. The molecule has 1 heterocycles. The molecule has 1 amide bonds. The van der Waals surface area contributed by atoms with Crippen LogP contribution >= 0.6 is 11.6 Å². The number of hydrogen-bond acceptors (Lipinski definition) is 3. The minimum absolute atomic E-state index is 0.0290. The molecule has 0 aliphatic heterocycles. The fourth-order valence-corrected chi connectivity index (χ4v) is 2.73. The Labute approximate surface area is 133 Å². The number of nitrogens with one attached hydrogen (secondary N) is 1. The van der Waals surface area contributed by atoms with Crippen molar-refractivity contribution in [3.05, 3.63) is 47.5 Å². The first-order valence-corrected chi connectivity index (χ1v) is 7.64. The maximum atomic E-state index is 12.0. The Hall–Kier alpha value is -2.01. The summed E-state index contributed by atoms with van der Waals surface area (Å²) >= 11 is 5.85. The largest absolute Gasteiger partial charge is 0.506 e. The lowest BCUT2D eigenvalue weighted by atomic mass is 10.1. The maximum Gasteiger partial charge on any atom is 0.224 e. The molecule has 0 atom stereocenters. The van der Waals surface area contributed by atoms with Crippen LogP contribution in [-0.4, -0.2) is 27.1 Å². The summed E-state index contributed by atoms with van der Waals surface area (Å²) in [5.74, 6) is 0.00162. The number of nitrogens with zero attached hydrogens (tertiary/aromatic N) is 2. The molecule has 1 fully saturated rings. The van der Waals surface area contributed by atoms with E-state index in [1.165, 1.54) is 6.07 Å². The molecule has 1 aromatic heterocycles. The van der Waals surface area contributed by atoms with Crippen LogP contribution < -0.4 is 5.32 Å². The summed E-state index contributed by atoms with van der Waals surface area (Å²) in [7, 11) is 0. The minimum atomic E-state index is -0.0290. The van der Waals surface area contributed by atoms with Crippen molar-refractivity contribution >= 4 is 17.5 Å². The number of halogens is 1. The number of phenolic OH excluding ortho intramolecular Hbond substituents is 1. The topological polar surface area (TPSA) is 67.2 Å². The molecule has 1 aliphatic rings. The Morgan fingerprint density at radius 3 is 2.91 bits per heavy atom. The van der Waals surface area contributed by atoms with Crippen LogP contribution in [0.1, 0.15) is 18.4 Å². The highest BCUT2D eigenvalue weighted by atomic mass is 35.5. The van der Waals surface area contributed by atoms with Crippen LogP contribution in [0.5, 0.6) is 5.75 Å². The number of hydrogen-bond donors (Lipinski definition) is 2. The number of carbonyl (C=O) groups excluding carboxylic acids is 1. The Bertz CT molecular complexity index is 666. The van der Waals surface area contributed by atoms with Gasteiger partial charge in [0.2, 0.25) is 5.91 Å². The van der Waals surface area contributed by atoms with Gasteiger partial charge < -0.3 is 15.0 Å². The molecule has 5 nitrogen and oxygen atoms in total. The van der Waals surface area contributed by atoms with Crippen LogP contribution in [-0.2, 0) is 17.8 Å². The quantitative estimate of drug-likeness (QED) is 0.859. The van der Waals surface area contributed by atoms with Gasteiger partial charge in [-0.05, 0) is 30.5 Å². The molecule has 3 rings (SSSR count). The normalized spacial score (nSPS) is 15.5. The number of phenols is 1. The minimum Gasteiger partial charge on any atom is -0.506 e. The molecule has 1 saturated carbocycles. The first-order chi connectivity index (χ1) is 10.6. The monoisotopic (exact) mass is 319 g/mol. The lowest BCUT2D eigenvalue weighted by Gasteiger charge is -2.16. The van der Waals surface area contributed by atoms with E-state index < -0.39 is 0 Å². The van der Waals surface area contributed by atoms with E-state index in [1.54, 1.807) is 24.7 Å². The van der Waals surface area contributed by atoms with Crippen molar-refractivity contribution in [2.45, 2.75) is 25.8 Å². The predicted octanol–water partition coefficient (Wildman–Crippen LogP) is 2.38. The second-order valence-corrected chi connectivity index (χ2v) is 6.38. The number of amides is 1. The van der Waals surface area contributed by atoms with E-state index >= 15 is 0 Å². The smallest absolute Gasteiger partial charge is 0.224 e. The molecular formula is C16H18ClN3O2. The molecule has 0 bridgehead atoms. The Balaban J connectivity index is 1.51. The highest BCUT2D eigenvalue weighted by Gasteiger charge is 2.42. The van der Waals surface area contributed by atoms with Crippen LogP contribution in [0, 0.1) is 5.41 Å². The van der Waals surface area contributed by atoms with Crippen molar-refractivity contribution < 1.29 is 9.90 Å². The molecule has 2 aromatic rings. The first kappa shape index (κ1) is 14.9. The van der Waals surface area contributed by atoms with Gasteiger partial charge in [-0.2, -0.15) is 0 Å². The third-order valence-electron chi connectivity index (χ3n) is 4.07. The van der Waals surface area contributed by atoms with E-state index in [0.29, 0.717) is 6.54 Å². The molecule has 6 heteroatoms. The van der Waals surface area contributed by atoms with Gasteiger partial charge in [0.15, 0.2) is 0 Å². The van der Waals surface area contributed by atoms with Crippen molar-refractivity contribution in [3.63, 3.8) is 0 Å². The van der Waals surface area contributed by atoms with Crippen molar-refractivity contribution in [1.29, 1.82) is 0 Å². The van der Waals surface area contributed by atoms with E-state index in [-0.39, 0.29) is 28.5 Å². The number of aromatic nitrogens is 2. The highest BCUT2D eigenvalue weighted by Crippen LogP contribution is 2.46. The summed E-state index contributed by atoms with van der Waals surface area (Å²) in [6, 6.07) is 4.83. The third kappa shape index (κ3) is 3.60. The van der Waals surface area contributed by atoms with Gasteiger partial charge in [-0.25, -0.2) is 4.98 Å². The van der Waals surface area contributed by atoms with Gasteiger partial charge in [0.05, 0.1) is 17.8 Å². The second-order valence-electron chi connectivity index (χ2n) is 5.97. The summed E-state index contributed by atoms with van der Waals surface area (Å²) in [5, 5.41) is 12.6. The van der Waals surface area contributed by atoms with Gasteiger partial charge in [-0.3, -0.25) is 4.79 Å². The van der Waals surface area contributed by atoms with E-state index in [2.05, 4.69) is 14.9 Å². The van der Waals surface area contributed by atoms with Crippen molar-refractivity contribution in [2.24, 2.45) is 5.41 Å². The Kier molecular flexibility index (Phi) is 4.07. The van der Waals surface area contributed by atoms with E-state index in [0.717, 1.165) is 24.9 Å². The van der Waals surface area contributed by atoms with Gasteiger partial charge in [0, 0.05) is 30.9 Å². The average molecular weight is 320 g/mol. The average Bonchev–Trinajstić information content (AvgIpc) is 3.05. The van der Waals surface area contributed by atoms with Crippen molar-refractivity contribution in [1.82, 2.24) is 14.9 Å². The first-order valence-electron chi connectivity index (χ1n) is 7.26. The van der Waals surface area contributed by atoms with Gasteiger partial charge in [-0.1, -0.05) is 17.7 Å². The summed E-state index contributed by atoms with van der Waals surface area (Å²) in [6.07, 6.45) is 8.03. The molecule has 0 saturated heterocycles. The highest BCUT2D eigenvalue weighted by molar-refractivity contribution is 6.32. The second kappa shape index (κ2) is 6.01. The van der Waals surface area contributed by atoms with Crippen LogP contribution in [0.15, 0.2) is 36.9 Å². The number of imidazole rings is 1. The summed E-state index contributed by atoms with van der Waals surface area (Å²) in [5.41, 5.74) is 0.961. The summed E-state index contributed by atoms with van der Waals surface area (Å²) in [4.78, 5) is 16.1. The van der Waals surface area contributed by atoms with Crippen LogP contribution in [0.3, 0.4) is 0 Å². The fraction of sp³-hybridized carbons (Fsp3) is 0.375. The van der Waals surface area contributed by atoms with E-state index in [1.807, 2.05) is 6.20 Å². The molecule has 1 aromatic carbocycles. The van der Waals surface area contributed by atoms with Crippen LogP contribution in [0.2, 0.25) is 5.02 Å². The van der Waals surface area contributed by atoms with E-state index in [4.69, 9.17) is 11.6 Å². The third-order valence-corrected chi connectivity index (χ3v) is 4.37. The van der Waals surface area contributed by atoms with Crippen molar-refractivity contribution in [3.8, 4) is 5.75 Å². The summed E-state index contributed by atoms with van der Waals surface area (Å²) in [6.45, 7) is 1.56. The lowest BCUT2D eigenvalue weighted by molar-refractivity contribution is -0.120. The molecule has 0 spiro atoms. The molecule has 116 valence electrons. The Morgan fingerprint density at radius 2 is 2.27 bits per heavy atom. The number of aromatic hydroxyl groups is 1. The zero-order valence-corrected chi connectivity index (χ0v) is 12.9. The molecule has 2 N–H and O–H groups in total. The van der Waals surface area contributed by atoms with Gasteiger partial charge in [0.1, 0.15) is 5.75 Å². The SMILES string of the molecule is O=C(Cc1ccc(O)c(Cl)c1)NCC1(Cn2ccnc2)CC1. The standard InChI is InChI=1S/C16H18ClN3O2/c17-13-7-12(1-2-14(13)21)8-15(22)19-9-16(3-4-16)10-20-6-5-18-11-20/h1-2,5-7,11,21H,3-4,8-10H2,(H,19,22). The molecule has 0 unspecified atom stereocenters. The van der Waals surface area contributed by atoms with Crippen LogP contribution in [0.25, 0.3) is 0 Å². The van der Waals surface area contributed by atoms with Gasteiger partial charge in [0.25, 0.3) is 0 Å².